The van der Waals surface area contributed by atoms with E-state index in [0.717, 1.165) is 35.6 Å². The summed E-state index contributed by atoms with van der Waals surface area (Å²) in [6.45, 7) is 7.43. The summed E-state index contributed by atoms with van der Waals surface area (Å²) >= 11 is 3.56. The van der Waals surface area contributed by atoms with E-state index >= 15 is 0 Å². The van der Waals surface area contributed by atoms with Crippen LogP contribution in [0.3, 0.4) is 0 Å². The van der Waals surface area contributed by atoms with Gasteiger partial charge in [0.05, 0.1) is 18.2 Å². The van der Waals surface area contributed by atoms with E-state index in [1.54, 1.807) is 0 Å². The Balaban J connectivity index is 2.02. The van der Waals surface area contributed by atoms with Crippen molar-refractivity contribution in [2.24, 2.45) is 0 Å². The van der Waals surface area contributed by atoms with E-state index in [1.165, 1.54) is 5.56 Å². The Bertz CT molecular complexity index is 554. The van der Waals surface area contributed by atoms with Crippen molar-refractivity contribution >= 4 is 15.9 Å². The number of hydrogen-bond acceptors (Lipinski definition) is 3. The van der Waals surface area contributed by atoms with Crippen molar-refractivity contribution in [2.75, 3.05) is 6.54 Å². The fraction of sp³-hybridized carbons (Fsp3) is 0.400. The molecule has 0 radical (unpaired) electrons. The quantitative estimate of drug-likeness (QED) is 0.841. The zero-order valence-electron chi connectivity index (χ0n) is 11.9. The maximum atomic E-state index is 5.86. The van der Waals surface area contributed by atoms with Gasteiger partial charge in [0, 0.05) is 17.6 Å². The minimum absolute atomic E-state index is 0.538. The lowest BCUT2D eigenvalue weighted by Crippen LogP contribution is -2.12. The van der Waals surface area contributed by atoms with Gasteiger partial charge in [0.1, 0.15) is 12.4 Å². The highest BCUT2D eigenvalue weighted by atomic mass is 79.9. The van der Waals surface area contributed by atoms with Gasteiger partial charge < -0.3 is 14.6 Å². The summed E-state index contributed by atoms with van der Waals surface area (Å²) in [6, 6.07) is 6.07. The molecule has 0 aliphatic heterocycles. The smallest absolute Gasteiger partial charge is 0.130 e. The van der Waals surface area contributed by atoms with Crippen LogP contribution < -0.4 is 10.1 Å². The molecule has 0 bridgehead atoms. The van der Waals surface area contributed by atoms with Gasteiger partial charge in [-0.2, -0.15) is 0 Å². The van der Waals surface area contributed by atoms with Crippen molar-refractivity contribution in [1.29, 1.82) is 0 Å². The molecule has 0 atom stereocenters. The second kappa shape index (κ2) is 7.45. The van der Waals surface area contributed by atoms with Crippen LogP contribution in [0.15, 0.2) is 35.2 Å². The molecule has 0 aliphatic carbocycles. The first-order valence-corrected chi connectivity index (χ1v) is 7.64. The molecule has 0 unspecified atom stereocenters. The number of hydrogen-bond donors (Lipinski definition) is 1. The molecule has 0 fully saturated rings. The van der Waals surface area contributed by atoms with Crippen LogP contribution in [0.5, 0.6) is 5.75 Å². The number of aromatic nitrogens is 2. The number of imidazole rings is 1. The molecule has 0 saturated heterocycles. The van der Waals surface area contributed by atoms with Crippen LogP contribution in [-0.2, 0) is 19.7 Å². The van der Waals surface area contributed by atoms with Crippen LogP contribution in [-0.4, -0.2) is 16.1 Å². The van der Waals surface area contributed by atoms with E-state index in [-0.39, 0.29) is 0 Å². The average Bonchev–Trinajstić information content (AvgIpc) is 2.92. The van der Waals surface area contributed by atoms with Crippen LogP contribution in [0.2, 0.25) is 0 Å². The molecule has 20 heavy (non-hydrogen) atoms. The molecule has 1 aromatic heterocycles. The van der Waals surface area contributed by atoms with Crippen molar-refractivity contribution in [3.63, 3.8) is 0 Å². The SMILES string of the molecule is CCNCc1cc(OCc2cncn2CC)ccc1Br. The highest BCUT2D eigenvalue weighted by Crippen LogP contribution is 2.23. The zero-order valence-corrected chi connectivity index (χ0v) is 13.5. The van der Waals surface area contributed by atoms with Crippen molar-refractivity contribution in [2.45, 2.75) is 33.5 Å². The predicted octanol–water partition coefficient (Wildman–Crippen LogP) is 3.35. The molecule has 108 valence electrons. The standard InChI is InChI=1S/C15H20BrN3O/c1-3-17-8-12-7-14(5-6-15(12)16)20-10-13-9-18-11-19(13)4-2/h5-7,9,11,17H,3-4,8,10H2,1-2H3. The summed E-state index contributed by atoms with van der Waals surface area (Å²) in [4.78, 5) is 4.14. The highest BCUT2D eigenvalue weighted by molar-refractivity contribution is 9.10. The molecular weight excluding hydrogens is 318 g/mol. The summed E-state index contributed by atoms with van der Waals surface area (Å²) in [6.07, 6.45) is 3.68. The molecule has 0 amide bonds. The van der Waals surface area contributed by atoms with Gasteiger partial charge >= 0.3 is 0 Å². The summed E-state index contributed by atoms with van der Waals surface area (Å²) in [7, 11) is 0. The van der Waals surface area contributed by atoms with E-state index in [9.17, 15) is 0 Å². The molecule has 1 heterocycles. The lowest BCUT2D eigenvalue weighted by atomic mass is 10.2. The van der Waals surface area contributed by atoms with Gasteiger partial charge in [-0.15, -0.1) is 0 Å². The van der Waals surface area contributed by atoms with Gasteiger partial charge in [0.2, 0.25) is 0 Å². The third kappa shape index (κ3) is 3.84. The molecule has 2 aromatic rings. The minimum atomic E-state index is 0.538. The van der Waals surface area contributed by atoms with Crippen molar-refractivity contribution in [3.05, 3.63) is 46.5 Å². The number of aryl methyl sites for hydroxylation is 1. The van der Waals surface area contributed by atoms with Crippen LogP contribution in [0.4, 0.5) is 0 Å². The minimum Gasteiger partial charge on any atom is -0.487 e. The summed E-state index contributed by atoms with van der Waals surface area (Å²) in [5.41, 5.74) is 2.29. The Morgan fingerprint density at radius 1 is 1.35 bits per heavy atom. The Kier molecular flexibility index (Phi) is 5.61. The van der Waals surface area contributed by atoms with Gasteiger partial charge in [-0.1, -0.05) is 22.9 Å². The van der Waals surface area contributed by atoms with E-state index in [1.807, 2.05) is 24.7 Å². The van der Waals surface area contributed by atoms with Gasteiger partial charge in [0.25, 0.3) is 0 Å². The summed E-state index contributed by atoms with van der Waals surface area (Å²) < 4.78 is 9.04. The molecule has 5 heteroatoms. The number of nitrogens with one attached hydrogen (secondary N) is 1. The number of rotatable bonds is 7. The predicted molar refractivity (Wildman–Crippen MR) is 83.8 cm³/mol. The number of halogens is 1. The summed E-state index contributed by atoms with van der Waals surface area (Å²) in [5.74, 6) is 0.880. The normalized spacial score (nSPS) is 10.8. The van der Waals surface area contributed by atoms with Crippen LogP contribution in [0.1, 0.15) is 25.1 Å². The van der Waals surface area contributed by atoms with E-state index in [4.69, 9.17) is 4.74 Å². The number of nitrogens with zero attached hydrogens (tertiary/aromatic N) is 2. The Hall–Kier alpha value is -1.33. The van der Waals surface area contributed by atoms with Gasteiger partial charge in [-0.25, -0.2) is 4.98 Å². The molecule has 0 saturated carbocycles. The Morgan fingerprint density at radius 2 is 2.20 bits per heavy atom. The van der Waals surface area contributed by atoms with Crippen LogP contribution in [0.25, 0.3) is 0 Å². The van der Waals surface area contributed by atoms with Crippen LogP contribution in [0, 0.1) is 0 Å². The van der Waals surface area contributed by atoms with Gasteiger partial charge in [-0.05, 0) is 37.2 Å². The van der Waals surface area contributed by atoms with E-state index in [0.29, 0.717) is 6.61 Å². The van der Waals surface area contributed by atoms with Crippen molar-refractivity contribution in [3.8, 4) is 5.75 Å². The monoisotopic (exact) mass is 337 g/mol. The molecule has 2 rings (SSSR count). The first kappa shape index (κ1) is 15.1. The van der Waals surface area contributed by atoms with E-state index < -0.39 is 0 Å². The molecular formula is C15H20BrN3O. The zero-order chi connectivity index (χ0) is 14.4. The first-order valence-electron chi connectivity index (χ1n) is 6.85. The second-order valence-corrected chi connectivity index (χ2v) is 5.35. The second-order valence-electron chi connectivity index (χ2n) is 4.49. The van der Waals surface area contributed by atoms with E-state index in [2.05, 4.69) is 50.7 Å². The summed E-state index contributed by atoms with van der Waals surface area (Å²) in [5, 5.41) is 3.32. The average molecular weight is 338 g/mol. The maximum absolute atomic E-state index is 5.86. The topological polar surface area (TPSA) is 39.1 Å². The Morgan fingerprint density at radius 3 is 2.95 bits per heavy atom. The molecule has 0 aliphatic rings. The molecule has 1 aromatic carbocycles. The third-order valence-electron chi connectivity index (χ3n) is 3.11. The lowest BCUT2D eigenvalue weighted by molar-refractivity contribution is 0.295. The number of ether oxygens (including phenoxy) is 1. The highest BCUT2D eigenvalue weighted by Gasteiger charge is 2.05. The molecule has 1 N–H and O–H groups in total. The van der Waals surface area contributed by atoms with Gasteiger partial charge in [-0.3, -0.25) is 0 Å². The largest absolute Gasteiger partial charge is 0.487 e. The van der Waals surface area contributed by atoms with Crippen LogP contribution >= 0.6 is 15.9 Å². The Labute approximate surface area is 128 Å². The van der Waals surface area contributed by atoms with Crippen molar-refractivity contribution in [1.82, 2.24) is 14.9 Å². The number of benzene rings is 1. The molecule has 0 spiro atoms. The van der Waals surface area contributed by atoms with Gasteiger partial charge in [0.15, 0.2) is 0 Å². The third-order valence-corrected chi connectivity index (χ3v) is 3.88. The first-order chi connectivity index (χ1) is 9.74. The molecule has 4 nitrogen and oxygen atoms in total. The lowest BCUT2D eigenvalue weighted by Gasteiger charge is -2.11. The van der Waals surface area contributed by atoms with Crippen molar-refractivity contribution < 1.29 is 4.74 Å². The maximum Gasteiger partial charge on any atom is 0.130 e. The fourth-order valence-corrected chi connectivity index (χ4v) is 2.33. The fourth-order valence-electron chi connectivity index (χ4n) is 1.95.